The van der Waals surface area contributed by atoms with Crippen LogP contribution in [-0.2, 0) is 0 Å². The summed E-state index contributed by atoms with van der Waals surface area (Å²) in [5, 5.41) is 9.66. The van der Waals surface area contributed by atoms with Gasteiger partial charge < -0.3 is 9.84 Å². The van der Waals surface area contributed by atoms with Crippen LogP contribution in [0.25, 0.3) is 0 Å². The third-order valence-corrected chi connectivity index (χ3v) is 3.26. The molecule has 0 aliphatic rings. The van der Waals surface area contributed by atoms with E-state index in [2.05, 4.69) is 26.0 Å². The topological polar surface area (TPSA) is 29.5 Å². The Labute approximate surface area is 114 Å². The number of rotatable bonds is 5. The Morgan fingerprint density at radius 2 is 1.74 bits per heavy atom. The van der Waals surface area contributed by atoms with Gasteiger partial charge in [0.1, 0.15) is 5.75 Å². The van der Waals surface area contributed by atoms with Crippen molar-refractivity contribution in [2.24, 2.45) is 0 Å². The predicted octanol–water partition coefficient (Wildman–Crippen LogP) is 5.09. The van der Waals surface area contributed by atoms with E-state index in [0.717, 1.165) is 5.75 Å². The minimum atomic E-state index is 0.158. The first-order valence-corrected chi connectivity index (χ1v) is 6.76. The van der Waals surface area contributed by atoms with Crippen molar-refractivity contribution in [3.05, 3.63) is 54.1 Å². The van der Waals surface area contributed by atoms with Crippen molar-refractivity contribution in [1.29, 1.82) is 0 Å². The lowest BCUT2D eigenvalue weighted by atomic mass is 9.97. The maximum absolute atomic E-state index is 9.66. The van der Waals surface area contributed by atoms with Gasteiger partial charge in [0.15, 0.2) is 11.5 Å². The maximum atomic E-state index is 9.66. The second-order valence-electron chi connectivity index (χ2n) is 4.83. The first-order valence-electron chi connectivity index (χ1n) is 6.76. The van der Waals surface area contributed by atoms with Crippen LogP contribution < -0.4 is 4.74 Å². The Balaban J connectivity index is 2.09. The smallest absolute Gasteiger partial charge is 0.169 e. The fourth-order valence-corrected chi connectivity index (χ4v) is 2.13. The van der Waals surface area contributed by atoms with Gasteiger partial charge in [0.25, 0.3) is 0 Å². The highest BCUT2D eigenvalue weighted by Crippen LogP contribution is 2.31. The number of para-hydroxylation sites is 2. The van der Waals surface area contributed by atoms with Crippen LogP contribution in [0.3, 0.4) is 0 Å². The second kappa shape index (κ2) is 6.28. The number of phenols is 1. The summed E-state index contributed by atoms with van der Waals surface area (Å²) in [7, 11) is 0. The molecule has 0 aliphatic carbocycles. The van der Waals surface area contributed by atoms with E-state index in [1.165, 1.54) is 18.4 Å². The summed E-state index contributed by atoms with van der Waals surface area (Å²) in [5.41, 5.74) is 1.33. The maximum Gasteiger partial charge on any atom is 0.169 e. The molecule has 2 heteroatoms. The van der Waals surface area contributed by atoms with E-state index in [-0.39, 0.29) is 5.75 Å². The van der Waals surface area contributed by atoms with Crippen LogP contribution in [0.15, 0.2) is 48.5 Å². The van der Waals surface area contributed by atoms with Crippen molar-refractivity contribution >= 4 is 0 Å². The molecule has 19 heavy (non-hydrogen) atoms. The molecule has 0 bridgehead atoms. The van der Waals surface area contributed by atoms with Gasteiger partial charge in [-0.25, -0.2) is 0 Å². The lowest BCUT2D eigenvalue weighted by molar-refractivity contribution is 0.411. The fourth-order valence-electron chi connectivity index (χ4n) is 2.13. The summed E-state index contributed by atoms with van der Waals surface area (Å²) in [6, 6.07) is 15.1. The molecule has 2 aromatic rings. The number of phenolic OH excluding ortho intramolecular Hbond substituents is 1. The van der Waals surface area contributed by atoms with Gasteiger partial charge in [-0.3, -0.25) is 0 Å². The quantitative estimate of drug-likeness (QED) is 0.807. The Morgan fingerprint density at radius 3 is 2.37 bits per heavy atom. The molecule has 2 rings (SSSR count). The van der Waals surface area contributed by atoms with Gasteiger partial charge in [-0.1, -0.05) is 44.5 Å². The largest absolute Gasteiger partial charge is 0.504 e. The molecule has 0 fully saturated rings. The van der Waals surface area contributed by atoms with Crippen molar-refractivity contribution in [1.82, 2.24) is 0 Å². The molecule has 0 aliphatic heterocycles. The van der Waals surface area contributed by atoms with Crippen molar-refractivity contribution in [3.8, 4) is 17.2 Å². The van der Waals surface area contributed by atoms with Gasteiger partial charge in [-0.2, -0.15) is 0 Å². The second-order valence-corrected chi connectivity index (χ2v) is 4.83. The molecule has 1 atom stereocenters. The average molecular weight is 256 g/mol. The van der Waals surface area contributed by atoms with E-state index < -0.39 is 0 Å². The summed E-state index contributed by atoms with van der Waals surface area (Å²) in [4.78, 5) is 0. The highest BCUT2D eigenvalue weighted by molar-refractivity contribution is 5.42. The zero-order valence-electron chi connectivity index (χ0n) is 11.5. The normalized spacial score (nSPS) is 12.1. The van der Waals surface area contributed by atoms with Gasteiger partial charge in [0.2, 0.25) is 0 Å². The number of hydrogen-bond donors (Lipinski definition) is 1. The Hall–Kier alpha value is -1.96. The molecule has 0 saturated heterocycles. The van der Waals surface area contributed by atoms with Gasteiger partial charge >= 0.3 is 0 Å². The first-order chi connectivity index (χ1) is 9.20. The molecule has 2 nitrogen and oxygen atoms in total. The zero-order valence-corrected chi connectivity index (χ0v) is 11.5. The van der Waals surface area contributed by atoms with E-state index in [9.17, 15) is 5.11 Å². The van der Waals surface area contributed by atoms with Crippen molar-refractivity contribution in [2.75, 3.05) is 0 Å². The number of ether oxygens (including phenoxy) is 1. The Bertz CT molecular complexity index is 517. The lowest BCUT2D eigenvalue weighted by Gasteiger charge is -2.12. The van der Waals surface area contributed by atoms with Crippen molar-refractivity contribution in [2.45, 2.75) is 32.6 Å². The van der Waals surface area contributed by atoms with E-state index in [4.69, 9.17) is 4.74 Å². The molecular weight excluding hydrogens is 236 g/mol. The molecule has 100 valence electrons. The average Bonchev–Trinajstić information content (AvgIpc) is 2.42. The predicted molar refractivity (Wildman–Crippen MR) is 77.9 cm³/mol. The fraction of sp³-hybridized carbons (Fsp3) is 0.294. The molecule has 1 N–H and O–H groups in total. The highest BCUT2D eigenvalue weighted by Gasteiger charge is 2.06. The van der Waals surface area contributed by atoms with Crippen LogP contribution in [0.2, 0.25) is 0 Å². The Morgan fingerprint density at radius 1 is 1.05 bits per heavy atom. The number of hydrogen-bond acceptors (Lipinski definition) is 2. The minimum absolute atomic E-state index is 0.158. The summed E-state index contributed by atoms with van der Waals surface area (Å²) in [6.45, 7) is 4.44. The minimum Gasteiger partial charge on any atom is -0.504 e. The molecule has 0 saturated carbocycles. The van der Waals surface area contributed by atoms with Crippen LogP contribution in [0.5, 0.6) is 17.2 Å². The number of aromatic hydroxyl groups is 1. The third kappa shape index (κ3) is 3.50. The number of benzene rings is 2. The van der Waals surface area contributed by atoms with Crippen molar-refractivity contribution in [3.63, 3.8) is 0 Å². The zero-order chi connectivity index (χ0) is 13.7. The lowest BCUT2D eigenvalue weighted by Crippen LogP contribution is -1.92. The molecule has 0 heterocycles. The SMILES string of the molecule is CCCC(C)c1ccc(Oc2ccccc2O)cc1. The monoisotopic (exact) mass is 256 g/mol. The van der Waals surface area contributed by atoms with Gasteiger partial charge in [0, 0.05) is 0 Å². The van der Waals surface area contributed by atoms with Crippen molar-refractivity contribution < 1.29 is 9.84 Å². The molecule has 2 aromatic carbocycles. The van der Waals surface area contributed by atoms with E-state index in [0.29, 0.717) is 11.7 Å². The first kappa shape index (κ1) is 13.5. The molecule has 1 unspecified atom stereocenters. The van der Waals surface area contributed by atoms with Crippen LogP contribution in [-0.4, -0.2) is 5.11 Å². The van der Waals surface area contributed by atoms with Gasteiger partial charge in [0.05, 0.1) is 0 Å². The summed E-state index contributed by atoms with van der Waals surface area (Å²) >= 11 is 0. The summed E-state index contributed by atoms with van der Waals surface area (Å²) in [6.07, 6.45) is 2.39. The van der Waals surface area contributed by atoms with Crippen LogP contribution in [0.1, 0.15) is 38.2 Å². The standard InChI is InChI=1S/C17H20O2/c1-3-6-13(2)14-9-11-15(12-10-14)19-17-8-5-4-7-16(17)18/h4-5,7-13,18H,3,6H2,1-2H3. The van der Waals surface area contributed by atoms with Gasteiger partial charge in [-0.05, 0) is 42.2 Å². The van der Waals surface area contributed by atoms with E-state index in [1.807, 2.05) is 18.2 Å². The highest BCUT2D eigenvalue weighted by atomic mass is 16.5. The molecule has 0 amide bonds. The third-order valence-electron chi connectivity index (χ3n) is 3.26. The van der Waals surface area contributed by atoms with E-state index in [1.54, 1.807) is 18.2 Å². The molecule has 0 spiro atoms. The Kier molecular flexibility index (Phi) is 4.45. The summed E-state index contributed by atoms with van der Waals surface area (Å²) in [5.74, 6) is 1.96. The van der Waals surface area contributed by atoms with E-state index >= 15 is 0 Å². The molecular formula is C17H20O2. The summed E-state index contributed by atoms with van der Waals surface area (Å²) < 4.78 is 5.65. The molecule has 0 aromatic heterocycles. The van der Waals surface area contributed by atoms with Crippen LogP contribution in [0.4, 0.5) is 0 Å². The van der Waals surface area contributed by atoms with Crippen LogP contribution >= 0.6 is 0 Å². The molecule has 0 radical (unpaired) electrons. The van der Waals surface area contributed by atoms with Gasteiger partial charge in [-0.15, -0.1) is 0 Å². The van der Waals surface area contributed by atoms with Crippen LogP contribution in [0, 0.1) is 0 Å².